The van der Waals surface area contributed by atoms with Crippen LogP contribution >= 0.6 is 11.3 Å². The molecule has 0 fully saturated rings. The zero-order chi connectivity index (χ0) is 13.1. The highest BCUT2D eigenvalue weighted by molar-refractivity contribution is 7.15. The Hall–Kier alpha value is -1.33. The normalized spacial score (nSPS) is 11.2. The molecule has 0 spiro atoms. The van der Waals surface area contributed by atoms with Crippen LogP contribution in [0.25, 0.3) is 10.8 Å². The SMILES string of the molecule is CNCc1sc(-c2ncc(C)cn2)nc1C(C)C. The molecule has 2 aromatic rings. The molecule has 0 atom stereocenters. The minimum absolute atomic E-state index is 0.420. The van der Waals surface area contributed by atoms with Gasteiger partial charge in [-0.05, 0) is 25.5 Å². The summed E-state index contributed by atoms with van der Waals surface area (Å²) in [6, 6.07) is 0. The molecule has 1 N–H and O–H groups in total. The van der Waals surface area contributed by atoms with Crippen molar-refractivity contribution < 1.29 is 0 Å². The van der Waals surface area contributed by atoms with Crippen LogP contribution in [0.1, 0.15) is 35.9 Å². The Morgan fingerprint density at radius 1 is 1.28 bits per heavy atom. The third-order valence-electron chi connectivity index (χ3n) is 2.58. The quantitative estimate of drug-likeness (QED) is 0.920. The van der Waals surface area contributed by atoms with Gasteiger partial charge in [0.2, 0.25) is 0 Å². The number of hydrogen-bond donors (Lipinski definition) is 1. The fourth-order valence-electron chi connectivity index (χ4n) is 1.70. The first-order valence-electron chi connectivity index (χ1n) is 6.05. The zero-order valence-electron chi connectivity index (χ0n) is 11.2. The van der Waals surface area contributed by atoms with E-state index in [1.807, 2.05) is 26.4 Å². The van der Waals surface area contributed by atoms with Gasteiger partial charge in [-0.1, -0.05) is 13.8 Å². The van der Waals surface area contributed by atoms with Crippen LogP contribution in [0.3, 0.4) is 0 Å². The summed E-state index contributed by atoms with van der Waals surface area (Å²) in [4.78, 5) is 14.6. The standard InChI is InChI=1S/C13H18N4S/c1-8(2)11-10(7-14-4)18-13(17-11)12-15-5-9(3)6-16-12/h5-6,8,14H,7H2,1-4H3. The van der Waals surface area contributed by atoms with Gasteiger partial charge in [-0.3, -0.25) is 0 Å². The van der Waals surface area contributed by atoms with Gasteiger partial charge < -0.3 is 5.32 Å². The van der Waals surface area contributed by atoms with Gasteiger partial charge in [-0.2, -0.15) is 0 Å². The van der Waals surface area contributed by atoms with Gasteiger partial charge in [0.1, 0.15) is 0 Å². The van der Waals surface area contributed by atoms with Crippen LogP contribution in [0.2, 0.25) is 0 Å². The monoisotopic (exact) mass is 262 g/mol. The molecule has 0 aromatic carbocycles. The van der Waals surface area contributed by atoms with Crippen LogP contribution in [0.4, 0.5) is 0 Å². The second-order valence-electron chi connectivity index (χ2n) is 4.60. The lowest BCUT2D eigenvalue weighted by atomic mass is 10.1. The molecule has 2 aromatic heterocycles. The van der Waals surface area contributed by atoms with E-state index in [1.165, 1.54) is 4.88 Å². The van der Waals surface area contributed by atoms with E-state index in [2.05, 4.69) is 34.1 Å². The van der Waals surface area contributed by atoms with E-state index in [0.717, 1.165) is 28.6 Å². The molecule has 0 saturated carbocycles. The van der Waals surface area contributed by atoms with Gasteiger partial charge in [0, 0.05) is 23.8 Å². The van der Waals surface area contributed by atoms with E-state index < -0.39 is 0 Å². The highest BCUT2D eigenvalue weighted by Crippen LogP contribution is 2.29. The van der Waals surface area contributed by atoms with E-state index in [0.29, 0.717) is 5.92 Å². The van der Waals surface area contributed by atoms with E-state index >= 15 is 0 Å². The molecule has 96 valence electrons. The van der Waals surface area contributed by atoms with Crippen molar-refractivity contribution in [2.24, 2.45) is 0 Å². The Morgan fingerprint density at radius 3 is 2.50 bits per heavy atom. The van der Waals surface area contributed by atoms with E-state index in [-0.39, 0.29) is 0 Å². The average Bonchev–Trinajstić information content (AvgIpc) is 2.75. The summed E-state index contributed by atoms with van der Waals surface area (Å²) in [7, 11) is 1.95. The van der Waals surface area contributed by atoms with Crippen LogP contribution in [0.15, 0.2) is 12.4 Å². The molecule has 0 saturated heterocycles. The first-order valence-corrected chi connectivity index (χ1v) is 6.86. The smallest absolute Gasteiger partial charge is 0.188 e. The first-order chi connectivity index (χ1) is 8.61. The summed E-state index contributed by atoms with van der Waals surface area (Å²) >= 11 is 1.67. The third-order valence-corrected chi connectivity index (χ3v) is 3.65. The molecule has 0 unspecified atom stereocenters. The first kappa shape index (κ1) is 13.1. The number of aryl methyl sites for hydroxylation is 1. The second kappa shape index (κ2) is 5.54. The lowest BCUT2D eigenvalue weighted by Gasteiger charge is -2.03. The molecule has 0 aliphatic carbocycles. The molecule has 0 aliphatic heterocycles. The molecule has 2 heterocycles. The summed E-state index contributed by atoms with van der Waals surface area (Å²) in [6.45, 7) is 7.15. The molecule has 0 radical (unpaired) electrons. The van der Waals surface area contributed by atoms with Crippen LogP contribution < -0.4 is 5.32 Å². The van der Waals surface area contributed by atoms with Crippen LogP contribution in [-0.2, 0) is 6.54 Å². The Morgan fingerprint density at radius 2 is 1.94 bits per heavy atom. The van der Waals surface area contributed by atoms with Gasteiger partial charge in [0.25, 0.3) is 0 Å². The zero-order valence-corrected chi connectivity index (χ0v) is 12.0. The number of aromatic nitrogens is 3. The minimum Gasteiger partial charge on any atom is -0.315 e. The van der Waals surface area contributed by atoms with Crippen LogP contribution in [0, 0.1) is 6.92 Å². The van der Waals surface area contributed by atoms with E-state index in [1.54, 1.807) is 11.3 Å². The van der Waals surface area contributed by atoms with Crippen molar-refractivity contribution in [1.29, 1.82) is 0 Å². The predicted molar refractivity (Wildman–Crippen MR) is 74.7 cm³/mol. The van der Waals surface area contributed by atoms with Gasteiger partial charge in [-0.25, -0.2) is 15.0 Å². The van der Waals surface area contributed by atoms with Crippen molar-refractivity contribution >= 4 is 11.3 Å². The predicted octanol–water partition coefficient (Wildman–Crippen LogP) is 2.75. The Bertz CT molecular complexity index is 516. The topological polar surface area (TPSA) is 50.7 Å². The summed E-state index contributed by atoms with van der Waals surface area (Å²) in [5.74, 6) is 1.14. The number of hydrogen-bond acceptors (Lipinski definition) is 5. The van der Waals surface area contributed by atoms with Crippen molar-refractivity contribution in [3.05, 3.63) is 28.5 Å². The Labute approximate surface area is 112 Å². The molecule has 2 rings (SSSR count). The summed E-state index contributed by atoms with van der Waals surface area (Å²) in [5, 5.41) is 4.09. The lowest BCUT2D eigenvalue weighted by molar-refractivity contribution is 0.771. The third kappa shape index (κ3) is 2.73. The summed E-state index contributed by atoms with van der Waals surface area (Å²) in [5.41, 5.74) is 2.21. The lowest BCUT2D eigenvalue weighted by Crippen LogP contribution is -2.06. The highest BCUT2D eigenvalue weighted by atomic mass is 32.1. The molecular formula is C13H18N4S. The molecule has 18 heavy (non-hydrogen) atoms. The maximum Gasteiger partial charge on any atom is 0.188 e. The molecule has 5 heteroatoms. The largest absolute Gasteiger partial charge is 0.315 e. The maximum atomic E-state index is 4.68. The van der Waals surface area contributed by atoms with Crippen LogP contribution in [-0.4, -0.2) is 22.0 Å². The van der Waals surface area contributed by atoms with Gasteiger partial charge in [-0.15, -0.1) is 11.3 Å². The number of thiazole rings is 1. The van der Waals surface area contributed by atoms with Crippen molar-refractivity contribution in [3.8, 4) is 10.8 Å². The average molecular weight is 262 g/mol. The van der Waals surface area contributed by atoms with Crippen molar-refractivity contribution in [3.63, 3.8) is 0 Å². The fraction of sp³-hybridized carbons (Fsp3) is 0.462. The molecule has 0 bridgehead atoms. The Balaban J connectivity index is 2.39. The summed E-state index contributed by atoms with van der Waals surface area (Å²) < 4.78 is 0. The maximum absolute atomic E-state index is 4.68. The van der Waals surface area contributed by atoms with Crippen molar-refractivity contribution in [1.82, 2.24) is 20.3 Å². The minimum atomic E-state index is 0.420. The highest BCUT2D eigenvalue weighted by Gasteiger charge is 2.15. The number of rotatable bonds is 4. The fourth-order valence-corrected chi connectivity index (χ4v) is 2.88. The van der Waals surface area contributed by atoms with Gasteiger partial charge in [0.05, 0.1) is 5.69 Å². The van der Waals surface area contributed by atoms with E-state index in [4.69, 9.17) is 0 Å². The van der Waals surface area contributed by atoms with E-state index in [9.17, 15) is 0 Å². The second-order valence-corrected chi connectivity index (χ2v) is 5.68. The number of nitrogens with zero attached hydrogens (tertiary/aromatic N) is 3. The molecule has 4 nitrogen and oxygen atoms in total. The number of nitrogens with one attached hydrogen (secondary N) is 1. The van der Waals surface area contributed by atoms with Gasteiger partial charge >= 0.3 is 0 Å². The van der Waals surface area contributed by atoms with Gasteiger partial charge in [0.15, 0.2) is 10.8 Å². The Kier molecular flexibility index (Phi) is 4.04. The molecule has 0 amide bonds. The molecular weight excluding hydrogens is 244 g/mol. The van der Waals surface area contributed by atoms with Crippen molar-refractivity contribution in [2.75, 3.05) is 7.05 Å². The molecule has 0 aliphatic rings. The summed E-state index contributed by atoms with van der Waals surface area (Å²) in [6.07, 6.45) is 3.66. The van der Waals surface area contributed by atoms with Crippen molar-refractivity contribution in [2.45, 2.75) is 33.2 Å². The van der Waals surface area contributed by atoms with Crippen LogP contribution in [0.5, 0.6) is 0 Å².